The summed E-state index contributed by atoms with van der Waals surface area (Å²) < 4.78 is 26.5. The van der Waals surface area contributed by atoms with Crippen LogP contribution in [-0.2, 0) is 23.1 Å². The molecule has 3 rings (SSSR count). The van der Waals surface area contributed by atoms with Crippen molar-refractivity contribution in [1.29, 1.82) is 0 Å². The molecule has 0 amide bonds. The highest BCUT2D eigenvalue weighted by atomic mass is 32.1. The lowest BCUT2D eigenvalue weighted by Crippen LogP contribution is -2.66. The van der Waals surface area contributed by atoms with Crippen LogP contribution in [0.2, 0.25) is 0 Å². The van der Waals surface area contributed by atoms with Crippen molar-refractivity contribution in [2.45, 2.75) is 78.1 Å². The summed E-state index contributed by atoms with van der Waals surface area (Å²) >= 11 is 3.49. The molecule has 0 aromatic heterocycles. The van der Waals surface area contributed by atoms with E-state index in [9.17, 15) is 4.79 Å². The van der Waals surface area contributed by atoms with Crippen molar-refractivity contribution in [2.24, 2.45) is 41.1 Å². The van der Waals surface area contributed by atoms with E-state index in [1.165, 1.54) is 7.05 Å². The number of nitrogens with two attached hydrogens (primary N) is 2. The minimum absolute atomic E-state index is 0.0268. The fourth-order valence-corrected chi connectivity index (χ4v) is 5.12. The van der Waals surface area contributed by atoms with Gasteiger partial charge in [0.2, 0.25) is 12.2 Å². The third kappa shape index (κ3) is 6.46. The fourth-order valence-electron chi connectivity index (χ4n) is 5.08. The highest BCUT2D eigenvalue weighted by Gasteiger charge is 2.61. The van der Waals surface area contributed by atoms with E-state index in [1.807, 2.05) is 27.7 Å². The van der Waals surface area contributed by atoms with Crippen LogP contribution in [0.3, 0.4) is 0 Å². The number of methoxy groups -OCH3 is 1. The van der Waals surface area contributed by atoms with Gasteiger partial charge in [-0.05, 0) is 64.8 Å². The van der Waals surface area contributed by atoms with Gasteiger partial charge in [-0.15, -0.1) is 0 Å². The van der Waals surface area contributed by atoms with Gasteiger partial charge in [-0.1, -0.05) is 20.3 Å². The topological polar surface area (TPSA) is 115 Å². The second-order valence-electron chi connectivity index (χ2n) is 8.91. The van der Waals surface area contributed by atoms with Gasteiger partial charge in [-0.25, -0.2) is 4.79 Å². The molecular weight excluding hydrogens is 408 g/mol. The maximum absolute atomic E-state index is 11.5. The van der Waals surface area contributed by atoms with Crippen molar-refractivity contribution in [1.82, 2.24) is 0 Å². The number of thiol groups is 1. The third-order valence-electron chi connectivity index (χ3n) is 6.57. The number of ether oxygens (including phenoxy) is 4. The lowest BCUT2D eigenvalue weighted by Gasteiger charge is -2.55. The van der Waals surface area contributed by atoms with Gasteiger partial charge < -0.3 is 24.1 Å². The summed E-state index contributed by atoms with van der Waals surface area (Å²) in [6.45, 7) is 11.2. The Morgan fingerprint density at radius 3 is 2.30 bits per heavy atom. The smallest absolute Gasteiger partial charge is 0.403 e. The van der Waals surface area contributed by atoms with Crippen LogP contribution in [0.25, 0.3) is 0 Å². The summed E-state index contributed by atoms with van der Waals surface area (Å²) in [5.41, 5.74) is 10.8. The summed E-state index contributed by atoms with van der Waals surface area (Å²) in [6.07, 6.45) is 2.52. The quantitative estimate of drug-likeness (QED) is 0.331. The molecule has 0 radical (unpaired) electrons. The van der Waals surface area contributed by atoms with Crippen LogP contribution in [0, 0.1) is 29.6 Å². The van der Waals surface area contributed by atoms with Gasteiger partial charge in [0.1, 0.15) is 0 Å². The zero-order valence-corrected chi connectivity index (χ0v) is 20.4. The van der Waals surface area contributed by atoms with E-state index < -0.39 is 18.4 Å². The van der Waals surface area contributed by atoms with Crippen molar-refractivity contribution < 1.29 is 27.9 Å². The molecule has 7 atom stereocenters. The van der Waals surface area contributed by atoms with Gasteiger partial charge in [0.15, 0.2) is 0 Å². The average Bonchev–Trinajstić information content (AvgIpc) is 2.82. The minimum Gasteiger partial charge on any atom is -0.403 e. The summed E-state index contributed by atoms with van der Waals surface area (Å²) in [5.74, 6) is 0.205. The largest absolute Gasteiger partial charge is 0.522 e. The molecule has 4 N–H and O–H groups in total. The van der Waals surface area contributed by atoms with E-state index in [0.717, 1.165) is 32.3 Å². The molecule has 7 unspecified atom stereocenters. The molecule has 3 aliphatic rings. The molecule has 0 spiro atoms. The molecule has 3 fully saturated rings. The van der Waals surface area contributed by atoms with Crippen LogP contribution in [-0.4, -0.2) is 44.7 Å². The van der Waals surface area contributed by atoms with Crippen LogP contribution < -0.4 is 11.5 Å². The Labute approximate surface area is 187 Å². The number of carbonyl (C=O) groups is 1. The lowest BCUT2D eigenvalue weighted by molar-refractivity contribution is -0.394. The maximum Gasteiger partial charge on any atom is 0.522 e. The van der Waals surface area contributed by atoms with Gasteiger partial charge in [-0.2, -0.15) is 0 Å². The highest BCUT2D eigenvalue weighted by molar-refractivity contribution is 7.75. The van der Waals surface area contributed by atoms with Gasteiger partial charge >= 0.3 is 6.16 Å². The average molecular weight is 451 g/mol. The molecule has 178 valence electrons. The Balaban J connectivity index is 0.000000673. The molecule has 1 aliphatic carbocycles. The number of hydrogen-bond acceptors (Lipinski definition) is 9. The van der Waals surface area contributed by atoms with Crippen LogP contribution in [0.15, 0.2) is 0 Å². The van der Waals surface area contributed by atoms with Crippen molar-refractivity contribution in [3.63, 3.8) is 0 Å². The number of hydrogen-bond donors (Lipinski definition) is 3. The van der Waals surface area contributed by atoms with Gasteiger partial charge in [0, 0.05) is 38.5 Å². The normalized spacial score (nSPS) is 39.0. The molecule has 2 saturated heterocycles. The predicted molar refractivity (Wildman–Crippen MR) is 118 cm³/mol. The van der Waals surface area contributed by atoms with Crippen molar-refractivity contribution in [3.8, 4) is 0 Å². The SMILES string of the molecule is CC1CCC2C(C)C(OC(=O)OS)OC3(N)OC(C)(C)CCC1C23.CCOC.CN. The van der Waals surface area contributed by atoms with Crippen LogP contribution in [0.1, 0.15) is 60.3 Å². The van der Waals surface area contributed by atoms with Crippen LogP contribution in [0.4, 0.5) is 4.79 Å². The molecule has 2 aliphatic heterocycles. The summed E-state index contributed by atoms with van der Waals surface area (Å²) in [4.78, 5) is 11.5. The van der Waals surface area contributed by atoms with Crippen molar-refractivity contribution in [3.05, 3.63) is 0 Å². The zero-order valence-electron chi connectivity index (χ0n) is 19.6. The molecule has 30 heavy (non-hydrogen) atoms. The number of carbonyl (C=O) groups excluding carboxylic acids is 1. The Kier molecular flexibility index (Phi) is 10.9. The Morgan fingerprint density at radius 1 is 1.17 bits per heavy atom. The summed E-state index contributed by atoms with van der Waals surface area (Å²) in [6, 6.07) is 0. The van der Waals surface area contributed by atoms with Crippen molar-refractivity contribution in [2.75, 3.05) is 20.8 Å². The Bertz CT molecular complexity index is 536. The zero-order chi connectivity index (χ0) is 23.1. The van der Waals surface area contributed by atoms with Gasteiger partial charge in [0.25, 0.3) is 0 Å². The van der Waals surface area contributed by atoms with E-state index in [4.69, 9.17) is 19.9 Å². The molecule has 0 aromatic rings. The van der Waals surface area contributed by atoms with Crippen LogP contribution in [0.5, 0.6) is 0 Å². The monoisotopic (exact) mass is 450 g/mol. The standard InChI is InChI=1S/C17H29NO5S.C3H8O.CH5N/c1-9-5-6-12-10(2)14(20-15(19)22-24)21-17(18)13(12)11(9)7-8-16(3,4)23-17;1-3-4-2;1-2/h9-14,24H,5-8,18H2,1-4H3;3H2,1-2H3;2H2,1H3. The van der Waals surface area contributed by atoms with Crippen molar-refractivity contribution >= 4 is 19.1 Å². The first kappa shape index (κ1) is 27.5. The van der Waals surface area contributed by atoms with Gasteiger partial charge in [0.05, 0.1) is 5.60 Å². The molecule has 9 heteroatoms. The Morgan fingerprint density at radius 2 is 1.77 bits per heavy atom. The minimum atomic E-state index is -1.25. The molecule has 2 heterocycles. The lowest BCUT2D eigenvalue weighted by atomic mass is 9.60. The fraction of sp³-hybridized carbons (Fsp3) is 0.952. The molecule has 8 nitrogen and oxygen atoms in total. The summed E-state index contributed by atoms with van der Waals surface area (Å²) in [5, 5.41) is 0. The van der Waals surface area contributed by atoms with E-state index in [0.29, 0.717) is 11.8 Å². The number of rotatable bonds is 2. The molecular formula is C21H42N2O6S. The molecule has 1 saturated carbocycles. The Hall–Kier alpha value is -0.580. The van der Waals surface area contributed by atoms with Crippen LogP contribution >= 0.6 is 12.9 Å². The van der Waals surface area contributed by atoms with Gasteiger partial charge in [-0.3, -0.25) is 10.5 Å². The molecule has 0 aromatic carbocycles. The van der Waals surface area contributed by atoms with E-state index in [-0.39, 0.29) is 23.4 Å². The first-order valence-corrected chi connectivity index (χ1v) is 11.2. The maximum atomic E-state index is 11.5. The van der Waals surface area contributed by atoms with E-state index in [1.54, 1.807) is 7.11 Å². The van der Waals surface area contributed by atoms with E-state index >= 15 is 0 Å². The molecule has 0 bridgehead atoms. The third-order valence-corrected chi connectivity index (χ3v) is 6.72. The summed E-state index contributed by atoms with van der Waals surface area (Å²) in [7, 11) is 3.18. The first-order chi connectivity index (χ1) is 14.1. The second kappa shape index (κ2) is 11.9. The first-order valence-electron chi connectivity index (χ1n) is 10.8. The highest BCUT2D eigenvalue weighted by Crippen LogP contribution is 2.56. The van der Waals surface area contributed by atoms with E-state index in [2.05, 4.69) is 34.5 Å². The predicted octanol–water partition coefficient (Wildman–Crippen LogP) is 3.68. The second-order valence-corrected chi connectivity index (χ2v) is 9.09.